The van der Waals surface area contributed by atoms with Crippen LogP contribution in [0.3, 0.4) is 0 Å². The molecule has 0 spiro atoms. The molecule has 2 aromatic carbocycles. The number of likely N-dealkylation sites (tertiary alicyclic amines) is 1. The maximum absolute atomic E-state index is 12.6. The van der Waals surface area contributed by atoms with Gasteiger partial charge < -0.3 is 10.2 Å². The highest BCUT2D eigenvalue weighted by Gasteiger charge is 2.16. The molecule has 0 unspecified atom stereocenters. The molecule has 1 aliphatic rings. The summed E-state index contributed by atoms with van der Waals surface area (Å²) in [7, 11) is 0. The zero-order chi connectivity index (χ0) is 18.2. The third kappa shape index (κ3) is 3.10. The van der Waals surface area contributed by atoms with Crippen LogP contribution in [0.4, 0.5) is 10.5 Å². The molecule has 0 radical (unpaired) electrons. The summed E-state index contributed by atoms with van der Waals surface area (Å²) in [6.07, 6.45) is 4.60. The van der Waals surface area contributed by atoms with Crippen molar-refractivity contribution in [3.05, 3.63) is 42.5 Å². The number of para-hydroxylation sites is 2. The number of hydrogen-bond donors (Lipinski definition) is 1. The van der Waals surface area contributed by atoms with Crippen molar-refractivity contribution in [1.29, 1.82) is 0 Å². The summed E-state index contributed by atoms with van der Waals surface area (Å²) >= 11 is 1.64. The fraction of sp³-hybridized carbons (Fsp3) is 0.286. The molecule has 0 atom stereocenters. The van der Waals surface area contributed by atoms with Crippen LogP contribution in [-0.4, -0.2) is 34.0 Å². The highest BCUT2D eigenvalue weighted by molar-refractivity contribution is 7.25. The van der Waals surface area contributed by atoms with Gasteiger partial charge in [0.15, 0.2) is 0 Å². The van der Waals surface area contributed by atoms with Crippen molar-refractivity contribution in [2.45, 2.75) is 25.7 Å². The molecule has 1 N–H and O–H groups in total. The summed E-state index contributed by atoms with van der Waals surface area (Å²) in [6.45, 7) is 1.68. The van der Waals surface area contributed by atoms with Crippen LogP contribution in [0.15, 0.2) is 42.5 Å². The molecule has 1 saturated heterocycles. The van der Waals surface area contributed by atoms with Crippen molar-refractivity contribution in [1.82, 2.24) is 14.9 Å². The molecular weight excluding hydrogens is 356 g/mol. The molecule has 4 aromatic rings. The van der Waals surface area contributed by atoms with E-state index in [1.165, 1.54) is 12.8 Å². The number of urea groups is 1. The highest BCUT2D eigenvalue weighted by atomic mass is 32.1. The molecule has 2 aromatic heterocycles. The van der Waals surface area contributed by atoms with E-state index in [9.17, 15) is 4.79 Å². The summed E-state index contributed by atoms with van der Waals surface area (Å²) in [4.78, 5) is 25.0. The van der Waals surface area contributed by atoms with Crippen LogP contribution in [0.2, 0.25) is 0 Å². The summed E-state index contributed by atoms with van der Waals surface area (Å²) < 4.78 is 1.13. The molecule has 3 heterocycles. The van der Waals surface area contributed by atoms with Crippen LogP contribution < -0.4 is 5.32 Å². The van der Waals surface area contributed by atoms with Gasteiger partial charge in [0.25, 0.3) is 0 Å². The third-order valence-electron chi connectivity index (χ3n) is 5.12. The lowest BCUT2D eigenvalue weighted by Gasteiger charge is -2.20. The summed E-state index contributed by atoms with van der Waals surface area (Å²) in [5, 5.41) is 4.11. The number of rotatable bonds is 1. The minimum absolute atomic E-state index is 0.00711. The lowest BCUT2D eigenvalue weighted by atomic mass is 10.2. The minimum atomic E-state index is -0.00711. The second kappa shape index (κ2) is 6.78. The number of aromatic nitrogens is 2. The van der Waals surface area contributed by atoms with E-state index in [1.807, 2.05) is 47.4 Å². The average molecular weight is 376 g/mol. The number of benzene rings is 2. The summed E-state index contributed by atoms with van der Waals surface area (Å²) in [5.41, 5.74) is 3.51. The highest BCUT2D eigenvalue weighted by Crippen LogP contribution is 2.34. The van der Waals surface area contributed by atoms with Gasteiger partial charge >= 0.3 is 6.03 Å². The number of thiophene rings is 1. The smallest absolute Gasteiger partial charge is 0.321 e. The lowest BCUT2D eigenvalue weighted by molar-refractivity contribution is 0.214. The second-order valence-electron chi connectivity index (χ2n) is 7.01. The summed E-state index contributed by atoms with van der Waals surface area (Å²) in [6, 6.07) is 13.9. The van der Waals surface area contributed by atoms with Crippen molar-refractivity contribution in [2.75, 3.05) is 18.4 Å². The molecule has 0 aliphatic carbocycles. The van der Waals surface area contributed by atoms with Crippen LogP contribution in [0.25, 0.3) is 31.5 Å². The topological polar surface area (TPSA) is 58.1 Å². The van der Waals surface area contributed by atoms with Crippen LogP contribution >= 0.6 is 11.3 Å². The number of fused-ring (bicyclic) bond motifs is 4. The molecule has 2 amide bonds. The number of nitrogens with one attached hydrogen (secondary N) is 1. The van der Waals surface area contributed by atoms with E-state index in [2.05, 4.69) is 5.32 Å². The van der Waals surface area contributed by atoms with E-state index in [0.717, 1.165) is 63.1 Å². The monoisotopic (exact) mass is 376 g/mol. The predicted octanol–water partition coefficient (Wildman–Crippen LogP) is 5.41. The molecule has 1 aliphatic heterocycles. The Bertz CT molecular complexity index is 1150. The molecule has 27 heavy (non-hydrogen) atoms. The van der Waals surface area contributed by atoms with E-state index in [4.69, 9.17) is 9.97 Å². The Morgan fingerprint density at radius 2 is 1.70 bits per heavy atom. The van der Waals surface area contributed by atoms with Crippen molar-refractivity contribution >= 4 is 54.5 Å². The van der Waals surface area contributed by atoms with Gasteiger partial charge in [-0.3, -0.25) is 0 Å². The number of amides is 2. The minimum Gasteiger partial charge on any atom is -0.325 e. The van der Waals surface area contributed by atoms with E-state index >= 15 is 0 Å². The molecule has 136 valence electrons. The van der Waals surface area contributed by atoms with E-state index in [0.29, 0.717) is 0 Å². The fourth-order valence-electron chi connectivity index (χ4n) is 3.69. The van der Waals surface area contributed by atoms with Gasteiger partial charge in [0.05, 0.1) is 11.0 Å². The van der Waals surface area contributed by atoms with E-state index < -0.39 is 0 Å². The Morgan fingerprint density at radius 1 is 0.963 bits per heavy atom. The van der Waals surface area contributed by atoms with Gasteiger partial charge in [-0.15, -0.1) is 11.3 Å². The van der Waals surface area contributed by atoms with Crippen molar-refractivity contribution in [2.24, 2.45) is 0 Å². The number of carbonyl (C=O) groups excluding carboxylic acids is 1. The van der Waals surface area contributed by atoms with Gasteiger partial charge in [0, 0.05) is 28.9 Å². The molecule has 6 heteroatoms. The maximum Gasteiger partial charge on any atom is 0.321 e. The first-order chi connectivity index (χ1) is 13.3. The number of anilines is 1. The Kier molecular flexibility index (Phi) is 4.13. The molecule has 5 nitrogen and oxygen atoms in total. The number of nitrogens with zero attached hydrogens (tertiary/aromatic N) is 3. The fourth-order valence-corrected chi connectivity index (χ4v) is 4.70. The van der Waals surface area contributed by atoms with Crippen LogP contribution in [0.1, 0.15) is 25.7 Å². The molecular formula is C21H20N4OS. The van der Waals surface area contributed by atoms with E-state index in [-0.39, 0.29) is 6.03 Å². The number of hydrogen-bond acceptors (Lipinski definition) is 4. The maximum atomic E-state index is 12.6. The van der Waals surface area contributed by atoms with Crippen molar-refractivity contribution in [3.8, 4) is 0 Å². The van der Waals surface area contributed by atoms with Crippen LogP contribution in [0, 0.1) is 0 Å². The van der Waals surface area contributed by atoms with Crippen LogP contribution in [0.5, 0.6) is 0 Å². The zero-order valence-electron chi connectivity index (χ0n) is 14.9. The third-order valence-corrected chi connectivity index (χ3v) is 6.18. The Labute approximate surface area is 161 Å². The Balaban J connectivity index is 1.51. The van der Waals surface area contributed by atoms with E-state index in [1.54, 1.807) is 11.3 Å². The van der Waals surface area contributed by atoms with Gasteiger partial charge in [0.1, 0.15) is 10.3 Å². The SMILES string of the molecule is O=C(Nc1ccc2sc3nc4ccccc4nc3c2c1)N1CCCCCC1. The molecule has 1 fully saturated rings. The Hall–Kier alpha value is -2.73. The predicted molar refractivity (Wildman–Crippen MR) is 111 cm³/mol. The van der Waals surface area contributed by atoms with Gasteiger partial charge in [0.2, 0.25) is 0 Å². The van der Waals surface area contributed by atoms with Gasteiger partial charge in [-0.2, -0.15) is 0 Å². The zero-order valence-corrected chi connectivity index (χ0v) is 15.8. The summed E-state index contributed by atoms with van der Waals surface area (Å²) in [5.74, 6) is 0. The molecule has 5 rings (SSSR count). The van der Waals surface area contributed by atoms with Crippen molar-refractivity contribution < 1.29 is 4.79 Å². The van der Waals surface area contributed by atoms with Gasteiger partial charge in [-0.05, 0) is 43.2 Å². The largest absolute Gasteiger partial charge is 0.325 e. The van der Waals surface area contributed by atoms with Gasteiger partial charge in [-0.25, -0.2) is 14.8 Å². The van der Waals surface area contributed by atoms with Crippen LogP contribution in [-0.2, 0) is 0 Å². The Morgan fingerprint density at radius 3 is 2.48 bits per heavy atom. The molecule has 0 bridgehead atoms. The molecule has 0 saturated carbocycles. The van der Waals surface area contributed by atoms with Gasteiger partial charge in [-0.1, -0.05) is 25.0 Å². The number of carbonyl (C=O) groups is 1. The standard InChI is InChI=1S/C21H20N4OS/c26-21(25-11-5-1-2-6-12-25)22-14-9-10-18-15(13-14)19-20(27-18)24-17-8-4-3-7-16(17)23-19/h3-4,7-10,13H,1-2,5-6,11-12H2,(H,22,26). The first-order valence-electron chi connectivity index (χ1n) is 9.43. The van der Waals surface area contributed by atoms with Crippen molar-refractivity contribution in [3.63, 3.8) is 0 Å². The first kappa shape index (κ1) is 16.4. The second-order valence-corrected chi connectivity index (χ2v) is 8.04. The average Bonchev–Trinajstić information content (AvgIpc) is 2.85. The first-order valence-corrected chi connectivity index (χ1v) is 10.2. The quantitative estimate of drug-likeness (QED) is 0.483. The lowest BCUT2D eigenvalue weighted by Crippen LogP contribution is -2.35. The normalized spacial score (nSPS) is 15.3.